The predicted molar refractivity (Wildman–Crippen MR) is 52.7 cm³/mol. The maximum atomic E-state index is 13.3. The zero-order valence-corrected chi connectivity index (χ0v) is 7.80. The molecule has 1 heterocycles. The van der Waals surface area contributed by atoms with Gasteiger partial charge in [-0.1, -0.05) is 13.0 Å². The van der Waals surface area contributed by atoms with Gasteiger partial charge in [-0.3, -0.25) is 4.79 Å². The van der Waals surface area contributed by atoms with Gasteiger partial charge in [0.2, 0.25) is 5.91 Å². The van der Waals surface area contributed by atoms with E-state index < -0.39 is 0 Å². The van der Waals surface area contributed by atoms with Crippen molar-refractivity contribution in [3.05, 3.63) is 24.0 Å². The molecule has 2 N–H and O–H groups in total. The van der Waals surface area contributed by atoms with Gasteiger partial charge in [-0.05, 0) is 18.6 Å². The summed E-state index contributed by atoms with van der Waals surface area (Å²) < 4.78 is 13.3. The smallest absolute Gasteiger partial charge is 0.246 e. The molecule has 4 heteroatoms. The maximum absolute atomic E-state index is 13.3. The average molecular weight is 194 g/mol. The molecule has 1 aliphatic heterocycles. The van der Waals surface area contributed by atoms with Crippen LogP contribution < -0.4 is 10.6 Å². The van der Waals surface area contributed by atoms with Crippen LogP contribution in [-0.2, 0) is 4.79 Å². The van der Waals surface area contributed by atoms with Gasteiger partial charge in [-0.2, -0.15) is 0 Å². The molecule has 0 saturated heterocycles. The molecule has 0 spiro atoms. The predicted octanol–water partition coefficient (Wildman–Crippen LogP) is 1.97. The van der Waals surface area contributed by atoms with E-state index in [1.807, 2.05) is 6.92 Å². The van der Waals surface area contributed by atoms with Gasteiger partial charge in [0.1, 0.15) is 11.9 Å². The van der Waals surface area contributed by atoms with Gasteiger partial charge in [-0.25, -0.2) is 4.39 Å². The lowest BCUT2D eigenvalue weighted by Gasteiger charge is -2.26. The molecule has 0 radical (unpaired) electrons. The zero-order chi connectivity index (χ0) is 10.1. The highest BCUT2D eigenvalue weighted by atomic mass is 19.1. The lowest BCUT2D eigenvalue weighted by Crippen LogP contribution is -2.38. The van der Waals surface area contributed by atoms with Crippen molar-refractivity contribution in [3.8, 4) is 0 Å². The van der Waals surface area contributed by atoms with E-state index in [1.165, 1.54) is 6.07 Å². The summed E-state index contributed by atoms with van der Waals surface area (Å²) in [5.41, 5.74) is 0.902. The Morgan fingerprint density at radius 2 is 2.29 bits per heavy atom. The van der Waals surface area contributed by atoms with E-state index in [4.69, 9.17) is 0 Å². The molecule has 1 aliphatic rings. The van der Waals surface area contributed by atoms with Gasteiger partial charge in [0, 0.05) is 0 Å². The summed E-state index contributed by atoms with van der Waals surface area (Å²) in [4.78, 5) is 11.4. The Morgan fingerprint density at radius 1 is 1.50 bits per heavy atom. The highest BCUT2D eigenvalue weighted by Crippen LogP contribution is 2.29. The number of amides is 1. The summed E-state index contributed by atoms with van der Waals surface area (Å²) in [6.07, 6.45) is 0.638. The summed E-state index contributed by atoms with van der Waals surface area (Å²) in [5, 5.41) is 5.54. The monoisotopic (exact) mass is 194 g/mol. The molecule has 1 aromatic rings. The molecule has 14 heavy (non-hydrogen) atoms. The molecule has 74 valence electrons. The fourth-order valence-electron chi connectivity index (χ4n) is 1.52. The van der Waals surface area contributed by atoms with Gasteiger partial charge in [0.05, 0.1) is 11.4 Å². The van der Waals surface area contributed by atoms with Crippen molar-refractivity contribution in [1.82, 2.24) is 0 Å². The van der Waals surface area contributed by atoms with Gasteiger partial charge in [0.25, 0.3) is 0 Å². The lowest BCUT2D eigenvalue weighted by molar-refractivity contribution is -0.117. The number of hydrogen-bond donors (Lipinski definition) is 2. The molecule has 0 fully saturated rings. The third-order valence-corrected chi connectivity index (χ3v) is 2.31. The minimum absolute atomic E-state index is 0.106. The van der Waals surface area contributed by atoms with Gasteiger partial charge >= 0.3 is 0 Å². The van der Waals surface area contributed by atoms with E-state index in [0.717, 1.165) is 0 Å². The topological polar surface area (TPSA) is 41.1 Å². The Balaban J connectivity index is 2.40. The van der Waals surface area contributed by atoms with Gasteiger partial charge in [-0.15, -0.1) is 0 Å². The van der Waals surface area contributed by atoms with Gasteiger partial charge in [0.15, 0.2) is 0 Å². The van der Waals surface area contributed by atoms with E-state index in [-0.39, 0.29) is 17.8 Å². The number of carbonyl (C=O) groups is 1. The average Bonchev–Trinajstić information content (AvgIpc) is 2.17. The van der Waals surface area contributed by atoms with Crippen LogP contribution in [0.5, 0.6) is 0 Å². The highest BCUT2D eigenvalue weighted by Gasteiger charge is 2.25. The van der Waals surface area contributed by atoms with Crippen LogP contribution in [-0.4, -0.2) is 11.9 Å². The summed E-state index contributed by atoms with van der Waals surface area (Å²) in [6, 6.07) is 4.28. The number of nitrogens with one attached hydrogen (secondary N) is 2. The number of hydrogen-bond acceptors (Lipinski definition) is 2. The van der Waals surface area contributed by atoms with Crippen LogP contribution >= 0.6 is 0 Å². The molecule has 0 aliphatic carbocycles. The molecule has 1 atom stereocenters. The molecule has 1 aromatic carbocycles. The fourth-order valence-corrected chi connectivity index (χ4v) is 1.52. The number of carbonyl (C=O) groups excluding carboxylic acids is 1. The third kappa shape index (κ3) is 1.32. The molecule has 1 amide bonds. The molecular weight excluding hydrogens is 183 g/mol. The van der Waals surface area contributed by atoms with Crippen LogP contribution in [0.1, 0.15) is 13.3 Å². The first-order chi connectivity index (χ1) is 6.72. The molecule has 3 nitrogen and oxygen atoms in total. The van der Waals surface area contributed by atoms with Crippen molar-refractivity contribution in [2.24, 2.45) is 0 Å². The number of rotatable bonds is 1. The lowest BCUT2D eigenvalue weighted by atomic mass is 10.1. The maximum Gasteiger partial charge on any atom is 0.246 e. The van der Waals surface area contributed by atoms with Crippen LogP contribution in [0, 0.1) is 5.82 Å². The fraction of sp³-hybridized carbons (Fsp3) is 0.300. The van der Waals surface area contributed by atoms with Crippen LogP contribution in [0.4, 0.5) is 15.8 Å². The second-order valence-electron chi connectivity index (χ2n) is 3.26. The second-order valence-corrected chi connectivity index (χ2v) is 3.26. The first-order valence-corrected chi connectivity index (χ1v) is 4.58. The SMILES string of the molecule is CCC1Nc2c(F)cccc2NC1=O. The molecule has 0 aromatic heterocycles. The summed E-state index contributed by atoms with van der Waals surface area (Å²) in [7, 11) is 0. The summed E-state index contributed by atoms with van der Waals surface area (Å²) in [5.74, 6) is -0.438. The van der Waals surface area contributed by atoms with Crippen molar-refractivity contribution >= 4 is 17.3 Å². The second kappa shape index (κ2) is 3.29. The molecule has 0 bridgehead atoms. The zero-order valence-electron chi connectivity index (χ0n) is 7.80. The third-order valence-electron chi connectivity index (χ3n) is 2.31. The van der Waals surface area contributed by atoms with Crippen molar-refractivity contribution in [3.63, 3.8) is 0 Å². The standard InChI is InChI=1S/C10H11FN2O/c1-2-7-10(14)13-8-5-3-4-6(11)9(8)12-7/h3-5,7,12H,2H2,1H3,(H,13,14). The molecular formula is C10H11FN2O. The van der Waals surface area contributed by atoms with Crippen LogP contribution in [0.3, 0.4) is 0 Å². The van der Waals surface area contributed by atoms with Gasteiger partial charge < -0.3 is 10.6 Å². The quantitative estimate of drug-likeness (QED) is 0.717. The Hall–Kier alpha value is -1.58. The first-order valence-electron chi connectivity index (χ1n) is 4.58. The van der Waals surface area contributed by atoms with Crippen molar-refractivity contribution in [2.75, 3.05) is 10.6 Å². The van der Waals surface area contributed by atoms with E-state index in [0.29, 0.717) is 17.8 Å². The summed E-state index contributed by atoms with van der Waals surface area (Å²) >= 11 is 0. The summed E-state index contributed by atoms with van der Waals surface area (Å²) in [6.45, 7) is 1.88. The van der Waals surface area contributed by atoms with Crippen molar-refractivity contribution in [2.45, 2.75) is 19.4 Å². The minimum atomic E-state index is -0.334. The van der Waals surface area contributed by atoms with E-state index >= 15 is 0 Å². The van der Waals surface area contributed by atoms with Crippen LogP contribution in [0.15, 0.2) is 18.2 Å². The van der Waals surface area contributed by atoms with Crippen LogP contribution in [0.25, 0.3) is 0 Å². The Kier molecular flexibility index (Phi) is 2.11. The largest absolute Gasteiger partial charge is 0.370 e. The van der Waals surface area contributed by atoms with E-state index in [1.54, 1.807) is 12.1 Å². The Bertz CT molecular complexity index is 378. The van der Waals surface area contributed by atoms with Crippen molar-refractivity contribution in [1.29, 1.82) is 0 Å². The number of fused-ring (bicyclic) bond motifs is 1. The van der Waals surface area contributed by atoms with E-state index in [2.05, 4.69) is 10.6 Å². The Morgan fingerprint density at radius 3 is 3.00 bits per heavy atom. The Labute approximate surface area is 81.3 Å². The number of benzene rings is 1. The highest BCUT2D eigenvalue weighted by molar-refractivity contribution is 6.02. The number of para-hydroxylation sites is 1. The molecule has 0 saturated carbocycles. The number of halogens is 1. The molecule has 2 rings (SSSR count). The number of anilines is 2. The first kappa shape index (κ1) is 8.99. The van der Waals surface area contributed by atoms with Crippen molar-refractivity contribution < 1.29 is 9.18 Å². The van der Waals surface area contributed by atoms with Crippen LogP contribution in [0.2, 0.25) is 0 Å². The minimum Gasteiger partial charge on any atom is -0.370 e. The molecule has 1 unspecified atom stereocenters. The normalized spacial score (nSPS) is 19.6. The van der Waals surface area contributed by atoms with E-state index in [9.17, 15) is 9.18 Å².